The van der Waals surface area contributed by atoms with E-state index in [4.69, 9.17) is 4.74 Å². The van der Waals surface area contributed by atoms with Crippen molar-refractivity contribution in [3.8, 4) is 0 Å². The second kappa shape index (κ2) is 5.63. The van der Waals surface area contributed by atoms with Crippen LogP contribution < -0.4 is 5.32 Å². The Labute approximate surface area is 118 Å². The Hall–Kier alpha value is -1.88. The SMILES string of the molecule is COC(=O)c1cccc(CCN2CC(=O)NC2(C)C)c1. The van der Waals surface area contributed by atoms with Crippen LogP contribution in [-0.2, 0) is 16.0 Å². The Morgan fingerprint density at radius 2 is 2.20 bits per heavy atom. The number of benzene rings is 1. The van der Waals surface area contributed by atoms with Crippen molar-refractivity contribution in [2.24, 2.45) is 0 Å². The maximum Gasteiger partial charge on any atom is 0.337 e. The van der Waals surface area contributed by atoms with Crippen molar-refractivity contribution in [3.05, 3.63) is 35.4 Å². The van der Waals surface area contributed by atoms with Gasteiger partial charge in [0.05, 0.1) is 24.9 Å². The van der Waals surface area contributed by atoms with Gasteiger partial charge in [-0.05, 0) is 38.0 Å². The molecule has 1 aliphatic heterocycles. The van der Waals surface area contributed by atoms with Crippen LogP contribution in [0.3, 0.4) is 0 Å². The first-order valence-corrected chi connectivity index (χ1v) is 6.66. The zero-order chi connectivity index (χ0) is 14.8. The van der Waals surface area contributed by atoms with Crippen molar-refractivity contribution in [2.45, 2.75) is 25.9 Å². The molecule has 5 nitrogen and oxygen atoms in total. The molecule has 2 rings (SSSR count). The van der Waals surface area contributed by atoms with Crippen LogP contribution in [0.25, 0.3) is 0 Å². The summed E-state index contributed by atoms with van der Waals surface area (Å²) in [6.07, 6.45) is 0.781. The number of nitrogens with one attached hydrogen (secondary N) is 1. The quantitative estimate of drug-likeness (QED) is 0.839. The summed E-state index contributed by atoms with van der Waals surface area (Å²) >= 11 is 0. The van der Waals surface area contributed by atoms with Crippen LogP contribution in [0.4, 0.5) is 0 Å². The maximum absolute atomic E-state index is 11.5. The lowest BCUT2D eigenvalue weighted by atomic mass is 10.1. The summed E-state index contributed by atoms with van der Waals surface area (Å²) in [5.74, 6) is -0.275. The fraction of sp³-hybridized carbons (Fsp3) is 0.467. The van der Waals surface area contributed by atoms with Gasteiger partial charge in [-0.3, -0.25) is 9.69 Å². The number of hydrogen-bond acceptors (Lipinski definition) is 4. The van der Waals surface area contributed by atoms with Crippen molar-refractivity contribution in [2.75, 3.05) is 20.2 Å². The smallest absolute Gasteiger partial charge is 0.337 e. The molecule has 1 heterocycles. The zero-order valence-electron chi connectivity index (χ0n) is 12.1. The van der Waals surface area contributed by atoms with Gasteiger partial charge in [0.1, 0.15) is 0 Å². The lowest BCUT2D eigenvalue weighted by Crippen LogP contribution is -2.46. The van der Waals surface area contributed by atoms with E-state index in [1.54, 1.807) is 6.07 Å². The van der Waals surface area contributed by atoms with Crippen LogP contribution in [-0.4, -0.2) is 42.6 Å². The van der Waals surface area contributed by atoms with Gasteiger partial charge < -0.3 is 10.1 Å². The van der Waals surface area contributed by atoms with Crippen LogP contribution in [0.15, 0.2) is 24.3 Å². The Bertz CT molecular complexity index is 526. The molecule has 20 heavy (non-hydrogen) atoms. The molecule has 1 saturated heterocycles. The van der Waals surface area contributed by atoms with Crippen molar-refractivity contribution in [1.29, 1.82) is 0 Å². The second-order valence-corrected chi connectivity index (χ2v) is 5.47. The predicted octanol–water partition coefficient (Wildman–Crippen LogP) is 1.18. The van der Waals surface area contributed by atoms with Gasteiger partial charge in [0.2, 0.25) is 5.91 Å². The molecule has 0 bridgehead atoms. The molecule has 108 valence electrons. The largest absolute Gasteiger partial charge is 0.465 e. The Morgan fingerprint density at radius 3 is 2.80 bits per heavy atom. The van der Waals surface area contributed by atoms with E-state index in [1.165, 1.54) is 7.11 Å². The molecule has 0 unspecified atom stereocenters. The first-order valence-electron chi connectivity index (χ1n) is 6.66. The van der Waals surface area contributed by atoms with Gasteiger partial charge in [0, 0.05) is 6.54 Å². The van der Waals surface area contributed by atoms with Crippen LogP contribution in [0.1, 0.15) is 29.8 Å². The number of esters is 1. The van der Waals surface area contributed by atoms with Crippen LogP contribution in [0, 0.1) is 0 Å². The number of rotatable bonds is 4. The summed E-state index contributed by atoms with van der Waals surface area (Å²) in [6, 6.07) is 7.40. The lowest BCUT2D eigenvalue weighted by Gasteiger charge is -2.30. The van der Waals surface area contributed by atoms with E-state index in [2.05, 4.69) is 10.2 Å². The van der Waals surface area contributed by atoms with E-state index < -0.39 is 0 Å². The topological polar surface area (TPSA) is 58.6 Å². The van der Waals surface area contributed by atoms with E-state index in [0.29, 0.717) is 12.1 Å². The molecule has 1 aromatic rings. The average Bonchev–Trinajstić information content (AvgIpc) is 2.68. The van der Waals surface area contributed by atoms with E-state index in [1.807, 2.05) is 32.0 Å². The molecule has 1 aromatic carbocycles. The third-order valence-corrected chi connectivity index (χ3v) is 3.59. The molecule has 0 radical (unpaired) electrons. The Balaban J connectivity index is 2.01. The van der Waals surface area contributed by atoms with Gasteiger partial charge in [-0.25, -0.2) is 4.79 Å². The second-order valence-electron chi connectivity index (χ2n) is 5.47. The third kappa shape index (κ3) is 3.17. The van der Waals surface area contributed by atoms with Crippen LogP contribution in [0.5, 0.6) is 0 Å². The summed E-state index contributed by atoms with van der Waals surface area (Å²) < 4.78 is 4.71. The molecule has 1 fully saturated rings. The number of amides is 1. The summed E-state index contributed by atoms with van der Waals surface area (Å²) in [4.78, 5) is 25.0. The molecule has 0 saturated carbocycles. The minimum Gasteiger partial charge on any atom is -0.465 e. The molecule has 0 spiro atoms. The van der Waals surface area contributed by atoms with Gasteiger partial charge in [-0.1, -0.05) is 12.1 Å². The van der Waals surface area contributed by atoms with Gasteiger partial charge in [-0.2, -0.15) is 0 Å². The number of ether oxygens (including phenoxy) is 1. The number of nitrogens with zero attached hydrogens (tertiary/aromatic N) is 1. The molecule has 1 aliphatic rings. The van der Waals surface area contributed by atoms with E-state index in [-0.39, 0.29) is 17.5 Å². The highest BCUT2D eigenvalue weighted by Gasteiger charge is 2.35. The van der Waals surface area contributed by atoms with E-state index in [9.17, 15) is 9.59 Å². The molecule has 0 aliphatic carbocycles. The highest BCUT2D eigenvalue weighted by molar-refractivity contribution is 5.89. The highest BCUT2D eigenvalue weighted by atomic mass is 16.5. The first kappa shape index (κ1) is 14.5. The minimum atomic E-state index is -0.329. The third-order valence-electron chi connectivity index (χ3n) is 3.59. The van der Waals surface area contributed by atoms with Gasteiger partial charge >= 0.3 is 5.97 Å². The summed E-state index contributed by atoms with van der Waals surface area (Å²) in [6.45, 7) is 5.16. The molecular weight excluding hydrogens is 256 g/mol. The molecule has 1 amide bonds. The number of hydrogen-bond donors (Lipinski definition) is 1. The minimum absolute atomic E-state index is 0.0540. The van der Waals surface area contributed by atoms with Crippen molar-refractivity contribution in [3.63, 3.8) is 0 Å². The predicted molar refractivity (Wildman–Crippen MR) is 75.3 cm³/mol. The van der Waals surface area contributed by atoms with Gasteiger partial charge in [0.15, 0.2) is 0 Å². The summed E-state index contributed by atoms with van der Waals surface area (Å²) in [5, 5.41) is 2.93. The summed E-state index contributed by atoms with van der Waals surface area (Å²) in [5.41, 5.74) is 1.31. The zero-order valence-corrected chi connectivity index (χ0v) is 12.1. The Kier molecular flexibility index (Phi) is 4.09. The van der Waals surface area contributed by atoms with Crippen molar-refractivity contribution in [1.82, 2.24) is 10.2 Å². The number of carbonyl (C=O) groups excluding carboxylic acids is 2. The summed E-state index contributed by atoms with van der Waals surface area (Å²) in [7, 11) is 1.37. The van der Waals surface area contributed by atoms with E-state index in [0.717, 1.165) is 18.5 Å². The lowest BCUT2D eigenvalue weighted by molar-refractivity contribution is -0.118. The standard InChI is InChI=1S/C15H20N2O3/c1-15(2)16-13(18)10-17(15)8-7-11-5-4-6-12(9-11)14(19)20-3/h4-6,9H,7-8,10H2,1-3H3,(H,16,18). The van der Waals surface area contributed by atoms with Crippen LogP contribution >= 0.6 is 0 Å². The number of carbonyl (C=O) groups is 2. The van der Waals surface area contributed by atoms with Crippen molar-refractivity contribution < 1.29 is 14.3 Å². The molecule has 0 atom stereocenters. The average molecular weight is 276 g/mol. The molecule has 1 N–H and O–H groups in total. The van der Waals surface area contributed by atoms with E-state index >= 15 is 0 Å². The van der Waals surface area contributed by atoms with Gasteiger partial charge in [-0.15, -0.1) is 0 Å². The van der Waals surface area contributed by atoms with Crippen molar-refractivity contribution >= 4 is 11.9 Å². The molecule has 5 heteroatoms. The maximum atomic E-state index is 11.5. The fourth-order valence-corrected chi connectivity index (χ4v) is 2.43. The number of methoxy groups -OCH3 is 1. The monoisotopic (exact) mass is 276 g/mol. The van der Waals surface area contributed by atoms with Gasteiger partial charge in [0.25, 0.3) is 0 Å². The van der Waals surface area contributed by atoms with Crippen LogP contribution in [0.2, 0.25) is 0 Å². The fourth-order valence-electron chi connectivity index (χ4n) is 2.43. The molecule has 0 aromatic heterocycles. The Morgan fingerprint density at radius 1 is 1.45 bits per heavy atom. The first-order chi connectivity index (χ1) is 9.42. The molecular formula is C15H20N2O3. The normalized spacial score (nSPS) is 17.9. The highest BCUT2D eigenvalue weighted by Crippen LogP contribution is 2.17.